The number of halogens is 1. The van der Waals surface area contributed by atoms with Gasteiger partial charge >= 0.3 is 0 Å². The second kappa shape index (κ2) is 5.30. The first-order chi connectivity index (χ1) is 8.20. The Morgan fingerprint density at radius 1 is 1.53 bits per heavy atom. The van der Waals surface area contributed by atoms with Crippen LogP contribution in [-0.2, 0) is 6.54 Å². The molecule has 0 amide bonds. The summed E-state index contributed by atoms with van der Waals surface area (Å²) in [5.74, 6) is 0. The van der Waals surface area contributed by atoms with Crippen LogP contribution in [0.5, 0.6) is 0 Å². The highest BCUT2D eigenvalue weighted by atomic mass is 79.9. The van der Waals surface area contributed by atoms with Crippen molar-refractivity contribution in [2.24, 2.45) is 0 Å². The first-order valence-electron chi connectivity index (χ1n) is 5.04. The molecule has 1 heterocycles. The molecule has 1 N–H and O–H groups in total. The molecule has 0 aliphatic rings. The van der Waals surface area contributed by atoms with Crippen LogP contribution in [0.3, 0.4) is 0 Å². The van der Waals surface area contributed by atoms with E-state index in [9.17, 15) is 0 Å². The number of anilines is 1. The van der Waals surface area contributed by atoms with Crippen LogP contribution in [0.25, 0.3) is 0 Å². The Bertz CT molecular complexity index is 571. The minimum atomic E-state index is 0.633. The smallest absolute Gasteiger partial charge is 0.103 e. The fourth-order valence-corrected chi connectivity index (χ4v) is 2.64. The molecule has 5 heteroatoms. The fraction of sp³-hybridized carbons (Fsp3) is 0.167. The lowest BCUT2D eigenvalue weighted by Crippen LogP contribution is -1.99. The minimum absolute atomic E-state index is 0.633. The summed E-state index contributed by atoms with van der Waals surface area (Å²) < 4.78 is 0.811. The van der Waals surface area contributed by atoms with Gasteiger partial charge in [-0.15, -0.1) is 11.3 Å². The third-order valence-corrected chi connectivity index (χ3v) is 3.82. The summed E-state index contributed by atoms with van der Waals surface area (Å²) in [6.45, 7) is 2.67. The minimum Gasteiger partial charge on any atom is -0.379 e. The zero-order valence-corrected chi connectivity index (χ0v) is 11.6. The van der Waals surface area contributed by atoms with Crippen molar-refractivity contribution in [3.63, 3.8) is 0 Å². The number of benzene rings is 1. The molecule has 2 rings (SSSR count). The number of hydrogen-bond acceptors (Lipinski definition) is 4. The number of nitrogens with one attached hydrogen (secondary N) is 1. The molecule has 0 bridgehead atoms. The fourth-order valence-electron chi connectivity index (χ4n) is 1.45. The van der Waals surface area contributed by atoms with Gasteiger partial charge in [-0.05, 0) is 35.0 Å². The van der Waals surface area contributed by atoms with Crippen LogP contribution in [-0.4, -0.2) is 4.98 Å². The summed E-state index contributed by atoms with van der Waals surface area (Å²) in [5.41, 5.74) is 1.47. The Morgan fingerprint density at radius 3 is 3.00 bits per heavy atom. The largest absolute Gasteiger partial charge is 0.379 e. The van der Waals surface area contributed by atoms with E-state index in [2.05, 4.69) is 32.3 Å². The molecule has 0 radical (unpaired) electrons. The number of thiazole rings is 1. The molecule has 3 nitrogen and oxygen atoms in total. The molecular weight excluding hydrogens is 298 g/mol. The van der Waals surface area contributed by atoms with Gasteiger partial charge in [-0.1, -0.05) is 6.07 Å². The second-order valence-electron chi connectivity index (χ2n) is 3.47. The van der Waals surface area contributed by atoms with Gasteiger partial charge in [0.25, 0.3) is 0 Å². The van der Waals surface area contributed by atoms with Crippen molar-refractivity contribution in [1.29, 1.82) is 5.26 Å². The monoisotopic (exact) mass is 307 g/mol. The highest BCUT2D eigenvalue weighted by molar-refractivity contribution is 9.10. The Labute approximate surface area is 112 Å². The van der Waals surface area contributed by atoms with Gasteiger partial charge in [-0.3, -0.25) is 0 Å². The average Bonchev–Trinajstić information content (AvgIpc) is 2.72. The third-order valence-electron chi connectivity index (χ3n) is 2.25. The lowest BCUT2D eigenvalue weighted by atomic mass is 10.2. The molecule has 2 aromatic rings. The molecule has 1 aromatic carbocycles. The van der Waals surface area contributed by atoms with Crippen molar-refractivity contribution in [3.8, 4) is 6.07 Å². The average molecular weight is 308 g/mol. The summed E-state index contributed by atoms with van der Waals surface area (Å²) >= 11 is 5.02. The van der Waals surface area contributed by atoms with E-state index in [0.29, 0.717) is 12.1 Å². The molecule has 0 aliphatic heterocycles. The Morgan fingerprint density at radius 2 is 2.35 bits per heavy atom. The van der Waals surface area contributed by atoms with Gasteiger partial charge in [-0.25, -0.2) is 4.98 Å². The number of nitriles is 1. The first kappa shape index (κ1) is 12.1. The number of rotatable bonds is 3. The molecule has 0 fully saturated rings. The quantitative estimate of drug-likeness (QED) is 0.940. The second-order valence-corrected chi connectivity index (χ2v) is 5.65. The summed E-state index contributed by atoms with van der Waals surface area (Å²) in [6.07, 6.45) is 1.86. The topological polar surface area (TPSA) is 48.7 Å². The highest BCUT2D eigenvalue weighted by Gasteiger charge is 2.06. The van der Waals surface area contributed by atoms with Crippen LogP contribution in [0, 0.1) is 18.3 Å². The highest BCUT2D eigenvalue weighted by Crippen LogP contribution is 2.24. The molecule has 17 heavy (non-hydrogen) atoms. The maximum atomic E-state index is 9.07. The van der Waals surface area contributed by atoms with E-state index >= 15 is 0 Å². The van der Waals surface area contributed by atoms with Crippen LogP contribution in [0.2, 0.25) is 0 Å². The molecule has 0 atom stereocenters. The zero-order valence-electron chi connectivity index (χ0n) is 9.20. The van der Waals surface area contributed by atoms with Gasteiger partial charge in [0.1, 0.15) is 6.07 Å². The maximum Gasteiger partial charge on any atom is 0.103 e. The van der Waals surface area contributed by atoms with Crippen LogP contribution in [0.4, 0.5) is 5.69 Å². The molecule has 0 spiro atoms. The lowest BCUT2D eigenvalue weighted by molar-refractivity contribution is 1.16. The van der Waals surface area contributed by atoms with Crippen molar-refractivity contribution in [3.05, 3.63) is 44.3 Å². The van der Waals surface area contributed by atoms with E-state index in [1.165, 1.54) is 0 Å². The van der Waals surface area contributed by atoms with Crippen molar-refractivity contribution in [2.45, 2.75) is 13.5 Å². The van der Waals surface area contributed by atoms with Crippen molar-refractivity contribution < 1.29 is 0 Å². The molecule has 0 unspecified atom stereocenters. The number of hydrogen-bond donors (Lipinski definition) is 1. The van der Waals surface area contributed by atoms with Crippen LogP contribution < -0.4 is 5.32 Å². The Balaban J connectivity index is 2.14. The summed E-state index contributed by atoms with van der Waals surface area (Å²) in [4.78, 5) is 5.35. The molecule has 0 saturated heterocycles. The van der Waals surface area contributed by atoms with Gasteiger partial charge in [0, 0.05) is 15.5 Å². The van der Waals surface area contributed by atoms with Crippen molar-refractivity contribution in [2.75, 3.05) is 5.32 Å². The Hall–Kier alpha value is -1.38. The summed E-state index contributed by atoms with van der Waals surface area (Å²) in [5, 5.41) is 13.4. The zero-order chi connectivity index (χ0) is 12.3. The van der Waals surface area contributed by atoms with E-state index in [0.717, 1.165) is 20.0 Å². The number of aryl methyl sites for hydroxylation is 1. The van der Waals surface area contributed by atoms with Gasteiger partial charge in [-0.2, -0.15) is 5.26 Å². The molecule has 0 saturated carbocycles. The number of nitrogens with zero attached hydrogens (tertiary/aromatic N) is 2. The molecule has 1 aromatic heterocycles. The SMILES string of the molecule is Cc1ncc(CNc2cccc(Br)c2C#N)s1. The van der Waals surface area contributed by atoms with Gasteiger partial charge < -0.3 is 5.32 Å². The van der Waals surface area contributed by atoms with Crippen LogP contribution in [0.15, 0.2) is 28.9 Å². The van der Waals surface area contributed by atoms with E-state index in [1.54, 1.807) is 11.3 Å². The first-order valence-corrected chi connectivity index (χ1v) is 6.65. The van der Waals surface area contributed by atoms with Crippen LogP contribution in [0.1, 0.15) is 15.4 Å². The summed E-state index contributed by atoms with van der Waals surface area (Å²) in [6, 6.07) is 7.85. The van der Waals surface area contributed by atoms with Crippen molar-refractivity contribution >= 4 is 33.0 Å². The third kappa shape index (κ3) is 2.84. The van der Waals surface area contributed by atoms with Crippen molar-refractivity contribution in [1.82, 2.24) is 4.98 Å². The Kier molecular flexibility index (Phi) is 3.77. The van der Waals surface area contributed by atoms with Gasteiger partial charge in [0.15, 0.2) is 0 Å². The van der Waals surface area contributed by atoms with Crippen LogP contribution >= 0.6 is 27.3 Å². The predicted octanol–water partition coefficient (Wildman–Crippen LogP) is 3.70. The maximum absolute atomic E-state index is 9.07. The van der Waals surface area contributed by atoms with Gasteiger partial charge in [0.2, 0.25) is 0 Å². The number of aromatic nitrogens is 1. The van der Waals surface area contributed by atoms with E-state index in [1.807, 2.05) is 31.3 Å². The standard InChI is InChI=1S/C12H10BrN3S/c1-8-15-6-9(17-8)7-16-12-4-2-3-11(13)10(12)5-14/h2-4,6,16H,7H2,1H3. The van der Waals surface area contributed by atoms with E-state index < -0.39 is 0 Å². The molecular formula is C12H10BrN3S. The van der Waals surface area contributed by atoms with E-state index in [4.69, 9.17) is 5.26 Å². The molecule has 0 aliphatic carbocycles. The lowest BCUT2D eigenvalue weighted by Gasteiger charge is -2.07. The van der Waals surface area contributed by atoms with Gasteiger partial charge in [0.05, 0.1) is 22.8 Å². The molecule has 86 valence electrons. The van der Waals surface area contributed by atoms with E-state index in [-0.39, 0.29) is 0 Å². The normalized spacial score (nSPS) is 9.94. The summed E-state index contributed by atoms with van der Waals surface area (Å²) in [7, 11) is 0. The predicted molar refractivity (Wildman–Crippen MR) is 73.0 cm³/mol.